The van der Waals surface area contributed by atoms with Gasteiger partial charge in [0.05, 0.1) is 16.3 Å². The van der Waals surface area contributed by atoms with Crippen LogP contribution in [0.2, 0.25) is 0 Å². The monoisotopic (exact) mass is 342 g/mol. The molecule has 1 aliphatic heterocycles. The second kappa shape index (κ2) is 6.02. The van der Waals surface area contributed by atoms with Crippen LogP contribution in [0.5, 0.6) is 5.75 Å². The van der Waals surface area contributed by atoms with Gasteiger partial charge >= 0.3 is 0 Å². The van der Waals surface area contributed by atoms with Crippen molar-refractivity contribution in [2.24, 2.45) is 5.92 Å². The normalized spacial score (nSPS) is 19.5. The molecule has 1 fully saturated rings. The fourth-order valence-electron chi connectivity index (χ4n) is 2.88. The molecule has 124 valence electrons. The van der Waals surface area contributed by atoms with E-state index >= 15 is 0 Å². The summed E-state index contributed by atoms with van der Waals surface area (Å²) in [5.74, 6) is 0.962. The fourth-order valence-corrected chi connectivity index (χ4v) is 3.96. The largest absolute Gasteiger partial charge is 0.490 e. The quantitative estimate of drug-likeness (QED) is 0.928. The first-order chi connectivity index (χ1) is 11.6. The van der Waals surface area contributed by atoms with Gasteiger partial charge in [0.2, 0.25) is 0 Å². The number of aromatic nitrogens is 1. The highest BCUT2D eigenvalue weighted by atomic mass is 32.1. The molecule has 24 heavy (non-hydrogen) atoms. The predicted octanol–water partition coefficient (Wildman–Crippen LogP) is 2.78. The van der Waals surface area contributed by atoms with Crippen LogP contribution in [0.25, 0.3) is 0 Å². The van der Waals surface area contributed by atoms with Gasteiger partial charge in [-0.05, 0) is 37.8 Å². The van der Waals surface area contributed by atoms with E-state index < -0.39 is 6.04 Å². The Morgan fingerprint density at radius 2 is 2.17 bits per heavy atom. The number of nitrogens with one attached hydrogen (secondary N) is 1. The van der Waals surface area contributed by atoms with E-state index in [1.54, 1.807) is 18.2 Å². The number of amides is 1. The van der Waals surface area contributed by atoms with Gasteiger partial charge in [-0.15, -0.1) is 11.3 Å². The number of para-hydroxylation sites is 1. The van der Waals surface area contributed by atoms with Gasteiger partial charge in [-0.25, -0.2) is 4.98 Å². The molecule has 1 saturated carbocycles. The number of aryl methyl sites for hydroxylation is 1. The zero-order chi connectivity index (χ0) is 16.7. The molecular weight excluding hydrogens is 324 g/mol. The van der Waals surface area contributed by atoms with Gasteiger partial charge < -0.3 is 10.1 Å². The Morgan fingerprint density at radius 1 is 1.38 bits per heavy atom. The fraction of sp³-hybridized carbons (Fsp3) is 0.389. The minimum absolute atomic E-state index is 0.106. The molecule has 4 rings (SSSR count). The molecule has 2 aromatic rings. The van der Waals surface area contributed by atoms with Gasteiger partial charge in [0.1, 0.15) is 23.3 Å². The lowest BCUT2D eigenvalue weighted by molar-refractivity contribution is 0.0796. The molecule has 2 aliphatic rings. The maximum Gasteiger partial charge on any atom is 0.263 e. The summed E-state index contributed by atoms with van der Waals surface area (Å²) in [5, 5.41) is 3.82. The Balaban J connectivity index is 1.48. The highest BCUT2D eigenvalue weighted by Crippen LogP contribution is 2.34. The summed E-state index contributed by atoms with van der Waals surface area (Å²) in [6.45, 7) is 2.00. The van der Waals surface area contributed by atoms with Crippen molar-refractivity contribution in [2.45, 2.75) is 32.2 Å². The molecule has 1 amide bonds. The maximum atomic E-state index is 12.6. The highest BCUT2D eigenvalue weighted by Gasteiger charge is 2.31. The van der Waals surface area contributed by atoms with Crippen molar-refractivity contribution >= 4 is 23.0 Å². The van der Waals surface area contributed by atoms with Crippen LogP contribution in [0.15, 0.2) is 24.3 Å². The number of rotatable bonds is 4. The van der Waals surface area contributed by atoms with Gasteiger partial charge in [-0.1, -0.05) is 12.1 Å². The number of carbonyl (C=O) groups excluding carboxylic acids is 2. The lowest BCUT2D eigenvalue weighted by Crippen LogP contribution is -2.47. The molecule has 0 unspecified atom stereocenters. The van der Waals surface area contributed by atoms with Crippen LogP contribution in [0.3, 0.4) is 0 Å². The van der Waals surface area contributed by atoms with Gasteiger partial charge in [0, 0.05) is 6.42 Å². The summed E-state index contributed by atoms with van der Waals surface area (Å²) in [6.07, 6.45) is 3.47. The molecule has 1 aliphatic carbocycles. The predicted molar refractivity (Wildman–Crippen MR) is 90.8 cm³/mol. The summed E-state index contributed by atoms with van der Waals surface area (Å²) in [7, 11) is 0. The van der Waals surface area contributed by atoms with Crippen molar-refractivity contribution in [1.82, 2.24) is 10.3 Å². The molecule has 2 heterocycles. The van der Waals surface area contributed by atoms with Gasteiger partial charge in [-0.3, -0.25) is 9.59 Å². The van der Waals surface area contributed by atoms with Crippen molar-refractivity contribution in [3.8, 4) is 5.75 Å². The van der Waals surface area contributed by atoms with E-state index in [4.69, 9.17) is 4.74 Å². The molecule has 0 saturated heterocycles. The average molecular weight is 342 g/mol. The zero-order valence-electron chi connectivity index (χ0n) is 13.4. The van der Waals surface area contributed by atoms with E-state index in [0.29, 0.717) is 16.2 Å². The molecule has 5 nitrogen and oxygen atoms in total. The Kier molecular flexibility index (Phi) is 3.84. The second-order valence-corrected chi connectivity index (χ2v) is 7.45. The highest BCUT2D eigenvalue weighted by molar-refractivity contribution is 7.13. The van der Waals surface area contributed by atoms with Crippen LogP contribution in [0.4, 0.5) is 0 Å². The minimum Gasteiger partial charge on any atom is -0.490 e. The first-order valence-electron chi connectivity index (χ1n) is 8.15. The second-order valence-electron chi connectivity index (χ2n) is 6.37. The number of fused-ring (bicyclic) bond motifs is 1. The number of benzene rings is 1. The number of Topliss-reactive ketones (excluding diaryl/α,β-unsaturated/α-hetero) is 1. The first-order valence-corrected chi connectivity index (χ1v) is 8.96. The molecule has 0 bridgehead atoms. The van der Waals surface area contributed by atoms with Crippen LogP contribution < -0.4 is 10.1 Å². The van der Waals surface area contributed by atoms with Crippen LogP contribution in [0, 0.1) is 12.8 Å². The minimum atomic E-state index is -0.652. The summed E-state index contributed by atoms with van der Waals surface area (Å²) in [6, 6.07) is 6.46. The Hall–Kier alpha value is -2.21. The van der Waals surface area contributed by atoms with E-state index in [2.05, 4.69) is 10.3 Å². The SMILES string of the molecule is Cc1nc(CC2CC2)sc1C(=O)N[C@H]1COc2ccccc2C1=O. The van der Waals surface area contributed by atoms with E-state index in [1.807, 2.05) is 13.0 Å². The summed E-state index contributed by atoms with van der Waals surface area (Å²) in [5.41, 5.74) is 1.25. The Morgan fingerprint density at radius 3 is 2.96 bits per heavy atom. The number of hydrogen-bond donors (Lipinski definition) is 1. The van der Waals surface area contributed by atoms with Crippen molar-refractivity contribution in [3.05, 3.63) is 45.4 Å². The number of carbonyl (C=O) groups is 2. The summed E-state index contributed by atoms with van der Waals surface area (Å²) >= 11 is 1.44. The van der Waals surface area contributed by atoms with Crippen LogP contribution in [-0.4, -0.2) is 29.3 Å². The number of thiazole rings is 1. The number of ketones is 1. The van der Waals surface area contributed by atoms with Crippen molar-refractivity contribution in [1.29, 1.82) is 0 Å². The smallest absolute Gasteiger partial charge is 0.263 e. The van der Waals surface area contributed by atoms with Gasteiger partial charge in [0.15, 0.2) is 5.78 Å². The van der Waals surface area contributed by atoms with Gasteiger partial charge in [-0.2, -0.15) is 0 Å². The number of ether oxygens (including phenoxy) is 1. The molecule has 1 N–H and O–H groups in total. The topological polar surface area (TPSA) is 68.3 Å². The zero-order valence-corrected chi connectivity index (χ0v) is 14.2. The van der Waals surface area contributed by atoms with E-state index in [-0.39, 0.29) is 18.3 Å². The molecular formula is C18H18N2O3S. The van der Waals surface area contributed by atoms with Gasteiger partial charge in [0.25, 0.3) is 5.91 Å². The Labute approximate surface area is 144 Å². The molecule has 1 atom stereocenters. The van der Waals surface area contributed by atoms with Crippen LogP contribution in [-0.2, 0) is 6.42 Å². The molecule has 0 radical (unpaired) electrons. The lowest BCUT2D eigenvalue weighted by Gasteiger charge is -2.24. The standard InChI is InChI=1S/C18H18N2O3S/c1-10-17(24-15(19-10)8-11-6-7-11)18(22)20-13-9-23-14-5-3-2-4-12(14)16(13)21/h2-5,11,13H,6-9H2,1H3,(H,20,22)/t13-/m0/s1. The van der Waals surface area contributed by atoms with Crippen LogP contribution in [0.1, 0.15) is 43.6 Å². The molecule has 1 aromatic carbocycles. The lowest BCUT2D eigenvalue weighted by atomic mass is 10.0. The van der Waals surface area contributed by atoms with E-state index in [9.17, 15) is 9.59 Å². The number of nitrogens with zero attached hydrogens (tertiary/aromatic N) is 1. The molecule has 0 spiro atoms. The van der Waals surface area contributed by atoms with E-state index in [0.717, 1.165) is 23.0 Å². The average Bonchev–Trinajstić information content (AvgIpc) is 3.31. The van der Waals surface area contributed by atoms with Crippen molar-refractivity contribution in [2.75, 3.05) is 6.61 Å². The van der Waals surface area contributed by atoms with Crippen LogP contribution >= 0.6 is 11.3 Å². The van der Waals surface area contributed by atoms with E-state index in [1.165, 1.54) is 24.2 Å². The van der Waals surface area contributed by atoms with Crippen molar-refractivity contribution in [3.63, 3.8) is 0 Å². The first kappa shape index (κ1) is 15.3. The number of hydrogen-bond acceptors (Lipinski definition) is 5. The summed E-state index contributed by atoms with van der Waals surface area (Å²) < 4.78 is 5.59. The van der Waals surface area contributed by atoms with Crippen molar-refractivity contribution < 1.29 is 14.3 Å². The third-order valence-corrected chi connectivity index (χ3v) is 5.57. The summed E-state index contributed by atoms with van der Waals surface area (Å²) in [4.78, 5) is 30.2. The Bertz CT molecular complexity index is 810. The molecule has 6 heteroatoms. The maximum absolute atomic E-state index is 12.6. The third kappa shape index (κ3) is 2.94. The third-order valence-electron chi connectivity index (χ3n) is 4.39. The molecule has 1 aromatic heterocycles.